The molecule has 0 aliphatic heterocycles. The van der Waals surface area contributed by atoms with E-state index >= 15 is 0 Å². The third-order valence-corrected chi connectivity index (χ3v) is 5.18. The molecule has 0 atom stereocenters. The Balaban J connectivity index is 2.28. The van der Waals surface area contributed by atoms with Gasteiger partial charge in [-0.05, 0) is 18.2 Å². The molecule has 0 radical (unpaired) electrons. The number of nitrogen functional groups attached to an aromatic ring is 1. The molecule has 0 fully saturated rings. The van der Waals surface area contributed by atoms with E-state index < -0.39 is 20.6 Å². The molecule has 1 aromatic heterocycles. The maximum absolute atomic E-state index is 12.8. The van der Waals surface area contributed by atoms with E-state index in [1.54, 1.807) is 18.2 Å². The minimum Gasteiger partial charge on any atom is -0.366 e. The topological polar surface area (TPSA) is 129 Å². The summed E-state index contributed by atoms with van der Waals surface area (Å²) in [5.74, 6) is -0.424. The molecule has 1 heterocycles. The fourth-order valence-corrected chi connectivity index (χ4v) is 3.73. The van der Waals surface area contributed by atoms with Crippen LogP contribution in [-0.4, -0.2) is 18.5 Å². The summed E-state index contributed by atoms with van der Waals surface area (Å²) >= 11 is 0. The highest BCUT2D eigenvalue weighted by Crippen LogP contribution is 2.38. The Morgan fingerprint density at radius 2 is 1.67 bits per heavy atom. The summed E-state index contributed by atoms with van der Waals surface area (Å²) in [6, 6.07) is 13.2. The molecule has 0 saturated heterocycles. The van der Waals surface area contributed by atoms with Gasteiger partial charge in [-0.15, -0.1) is 0 Å². The Morgan fingerprint density at radius 1 is 1.04 bits per heavy atom. The number of anilines is 1. The van der Waals surface area contributed by atoms with Crippen molar-refractivity contribution in [2.75, 3.05) is 5.73 Å². The molecule has 3 aromatic rings. The van der Waals surface area contributed by atoms with Gasteiger partial charge in [0.15, 0.2) is 4.90 Å². The van der Waals surface area contributed by atoms with E-state index in [9.17, 15) is 18.5 Å². The predicted molar refractivity (Wildman–Crippen MR) is 84.9 cm³/mol. The van der Waals surface area contributed by atoms with Crippen LogP contribution in [0, 0.1) is 10.1 Å². The quantitative estimate of drug-likeness (QED) is 0.568. The van der Waals surface area contributed by atoms with Gasteiger partial charge in [0, 0.05) is 6.07 Å². The fourth-order valence-electron chi connectivity index (χ4n) is 2.28. The second-order valence-corrected chi connectivity index (χ2v) is 6.70. The van der Waals surface area contributed by atoms with Crippen molar-refractivity contribution in [2.24, 2.45) is 0 Å². The maximum Gasteiger partial charge on any atom is 0.278 e. The Morgan fingerprint density at radius 3 is 2.33 bits per heavy atom. The van der Waals surface area contributed by atoms with Crippen LogP contribution in [0.15, 0.2) is 68.9 Å². The number of aromatic nitrogens is 1. The van der Waals surface area contributed by atoms with Crippen molar-refractivity contribution in [1.82, 2.24) is 5.16 Å². The first-order chi connectivity index (χ1) is 11.4. The molecule has 0 unspecified atom stereocenters. The highest BCUT2D eigenvalue weighted by molar-refractivity contribution is 7.91. The normalized spacial score (nSPS) is 11.3. The zero-order valence-corrected chi connectivity index (χ0v) is 12.9. The van der Waals surface area contributed by atoms with E-state index in [0.717, 1.165) is 0 Å². The van der Waals surface area contributed by atoms with Crippen LogP contribution in [0.4, 0.5) is 11.6 Å². The van der Waals surface area contributed by atoms with E-state index in [1.807, 2.05) is 0 Å². The van der Waals surface area contributed by atoms with Crippen molar-refractivity contribution in [3.05, 3.63) is 64.7 Å². The zero-order valence-electron chi connectivity index (χ0n) is 12.1. The number of nitrogens with zero attached hydrogens (tertiary/aromatic N) is 2. The molecule has 0 amide bonds. The lowest BCUT2D eigenvalue weighted by atomic mass is 10.1. The SMILES string of the molecule is Nc1onc(-c2ccccc2[N+](=O)[O-])c1S(=O)(=O)c1ccccc1. The smallest absolute Gasteiger partial charge is 0.278 e. The van der Waals surface area contributed by atoms with Gasteiger partial charge in [-0.3, -0.25) is 10.1 Å². The second kappa shape index (κ2) is 5.78. The Hall–Kier alpha value is -3.20. The number of hydrogen-bond donors (Lipinski definition) is 1. The van der Waals surface area contributed by atoms with Crippen molar-refractivity contribution in [3.8, 4) is 11.3 Å². The molecular formula is C15H11N3O5S. The van der Waals surface area contributed by atoms with Crippen molar-refractivity contribution < 1.29 is 17.9 Å². The third-order valence-electron chi connectivity index (χ3n) is 3.35. The van der Waals surface area contributed by atoms with Gasteiger partial charge in [0.25, 0.3) is 5.69 Å². The monoisotopic (exact) mass is 345 g/mol. The van der Waals surface area contributed by atoms with Crippen LogP contribution in [0.3, 0.4) is 0 Å². The van der Waals surface area contributed by atoms with Gasteiger partial charge in [-0.2, -0.15) is 0 Å². The second-order valence-electron chi connectivity index (χ2n) is 4.82. The maximum atomic E-state index is 12.8. The molecule has 9 heteroatoms. The predicted octanol–water partition coefficient (Wildman–Crippen LogP) is 2.66. The van der Waals surface area contributed by atoms with Crippen molar-refractivity contribution in [2.45, 2.75) is 9.79 Å². The lowest BCUT2D eigenvalue weighted by molar-refractivity contribution is -0.384. The van der Waals surface area contributed by atoms with Crippen LogP contribution in [0.2, 0.25) is 0 Å². The molecule has 0 spiro atoms. The largest absolute Gasteiger partial charge is 0.366 e. The Bertz CT molecular complexity index is 1010. The number of nitro benzene ring substituents is 1. The van der Waals surface area contributed by atoms with Gasteiger partial charge in [0.1, 0.15) is 5.69 Å². The summed E-state index contributed by atoms with van der Waals surface area (Å²) in [7, 11) is -4.05. The lowest BCUT2D eigenvalue weighted by Crippen LogP contribution is -2.05. The number of hydrogen-bond acceptors (Lipinski definition) is 7. The van der Waals surface area contributed by atoms with Gasteiger partial charge < -0.3 is 10.3 Å². The number of para-hydroxylation sites is 1. The molecule has 0 aliphatic carbocycles. The van der Waals surface area contributed by atoms with Crippen molar-refractivity contribution in [1.29, 1.82) is 0 Å². The summed E-state index contributed by atoms with van der Waals surface area (Å²) < 4.78 is 30.5. The van der Waals surface area contributed by atoms with Crippen LogP contribution in [0.5, 0.6) is 0 Å². The van der Waals surface area contributed by atoms with E-state index in [0.29, 0.717) is 0 Å². The number of benzene rings is 2. The highest BCUT2D eigenvalue weighted by atomic mass is 32.2. The molecule has 0 aliphatic rings. The standard InChI is InChI=1S/C15H11N3O5S/c16-15-14(24(21,22)10-6-2-1-3-7-10)13(17-23-15)11-8-4-5-9-12(11)18(19)20/h1-9H,16H2. The van der Waals surface area contributed by atoms with Crippen LogP contribution in [-0.2, 0) is 9.84 Å². The third kappa shape index (κ3) is 2.50. The molecule has 24 heavy (non-hydrogen) atoms. The van der Waals surface area contributed by atoms with E-state index in [4.69, 9.17) is 10.3 Å². The first-order valence-corrected chi connectivity index (χ1v) is 8.20. The minimum atomic E-state index is -4.05. The summed E-state index contributed by atoms with van der Waals surface area (Å²) in [5, 5.41) is 14.8. The minimum absolute atomic E-state index is 0.0115. The van der Waals surface area contributed by atoms with E-state index in [1.165, 1.54) is 36.4 Å². The van der Waals surface area contributed by atoms with Gasteiger partial charge in [-0.1, -0.05) is 35.5 Å². The van der Waals surface area contributed by atoms with Gasteiger partial charge in [0.2, 0.25) is 15.7 Å². The Kier molecular flexibility index (Phi) is 3.78. The summed E-state index contributed by atoms with van der Waals surface area (Å²) in [4.78, 5) is 10.2. The van der Waals surface area contributed by atoms with Crippen molar-refractivity contribution >= 4 is 21.4 Å². The molecule has 2 aromatic carbocycles. The van der Waals surface area contributed by atoms with Crippen LogP contribution in [0.25, 0.3) is 11.3 Å². The first-order valence-electron chi connectivity index (χ1n) is 6.72. The molecule has 2 N–H and O–H groups in total. The van der Waals surface area contributed by atoms with Crippen molar-refractivity contribution in [3.63, 3.8) is 0 Å². The first kappa shape index (κ1) is 15.7. The average Bonchev–Trinajstić information content (AvgIpc) is 2.98. The zero-order chi connectivity index (χ0) is 17.3. The van der Waals surface area contributed by atoms with Gasteiger partial charge >= 0.3 is 0 Å². The lowest BCUT2D eigenvalue weighted by Gasteiger charge is -2.05. The van der Waals surface area contributed by atoms with Gasteiger partial charge in [0.05, 0.1) is 15.4 Å². The molecule has 0 saturated carbocycles. The number of nitrogens with two attached hydrogens (primary N) is 1. The highest BCUT2D eigenvalue weighted by Gasteiger charge is 2.32. The van der Waals surface area contributed by atoms with Gasteiger partial charge in [-0.25, -0.2) is 8.42 Å². The number of sulfone groups is 1. The fraction of sp³-hybridized carbons (Fsp3) is 0. The van der Waals surface area contributed by atoms with E-state index in [-0.39, 0.29) is 26.7 Å². The van der Waals surface area contributed by atoms with Crippen LogP contribution < -0.4 is 5.73 Å². The summed E-state index contributed by atoms with van der Waals surface area (Å²) in [5.41, 5.74) is 5.17. The Labute approximate surface area is 136 Å². The summed E-state index contributed by atoms with van der Waals surface area (Å²) in [6.07, 6.45) is 0. The molecular weight excluding hydrogens is 334 g/mol. The molecule has 0 bridgehead atoms. The summed E-state index contributed by atoms with van der Waals surface area (Å²) in [6.45, 7) is 0. The number of nitro groups is 1. The number of rotatable bonds is 4. The molecule has 122 valence electrons. The van der Waals surface area contributed by atoms with Crippen LogP contribution >= 0.6 is 0 Å². The van der Waals surface area contributed by atoms with E-state index in [2.05, 4.69) is 5.16 Å². The average molecular weight is 345 g/mol. The van der Waals surface area contributed by atoms with Crippen LogP contribution in [0.1, 0.15) is 0 Å². The molecule has 8 nitrogen and oxygen atoms in total. The molecule has 3 rings (SSSR count).